The van der Waals surface area contributed by atoms with Crippen LogP contribution in [-0.2, 0) is 4.74 Å². The Balaban J connectivity index is 1.72. The van der Waals surface area contributed by atoms with Crippen molar-refractivity contribution in [2.45, 2.75) is 38.8 Å². The molecule has 1 aromatic carbocycles. The molecule has 3 N–H and O–H groups in total. The largest absolute Gasteiger partial charge is 0.493 e. The highest BCUT2D eigenvalue weighted by Gasteiger charge is 2.58. The van der Waals surface area contributed by atoms with Crippen LogP contribution in [-0.4, -0.2) is 38.9 Å². The predicted octanol–water partition coefficient (Wildman–Crippen LogP) is 2.63. The molecule has 0 radical (unpaired) electrons. The minimum Gasteiger partial charge on any atom is -0.493 e. The van der Waals surface area contributed by atoms with Gasteiger partial charge in [-0.05, 0) is 25.0 Å². The maximum absolute atomic E-state index is 6.15. The summed E-state index contributed by atoms with van der Waals surface area (Å²) in [7, 11) is 3.22. The zero-order chi connectivity index (χ0) is 17.3. The maximum Gasteiger partial charge on any atom is 0.193 e. The Bertz CT molecular complexity index is 630. The molecule has 3 unspecified atom stereocenters. The lowest BCUT2D eigenvalue weighted by atomic mass is 9.55. The smallest absolute Gasteiger partial charge is 0.193 e. The van der Waals surface area contributed by atoms with E-state index in [0.29, 0.717) is 29.5 Å². The molecule has 1 heterocycles. The summed E-state index contributed by atoms with van der Waals surface area (Å²) < 4.78 is 16.5. The van der Waals surface area contributed by atoms with Crippen molar-refractivity contribution < 1.29 is 14.2 Å². The van der Waals surface area contributed by atoms with E-state index >= 15 is 0 Å². The molecule has 0 spiro atoms. The zero-order valence-electron chi connectivity index (χ0n) is 14.8. The fourth-order valence-corrected chi connectivity index (χ4v) is 4.00. The summed E-state index contributed by atoms with van der Waals surface area (Å²) in [5.41, 5.74) is 6.99. The topological polar surface area (TPSA) is 78.1 Å². The minimum atomic E-state index is 0.0228. The second kappa shape index (κ2) is 6.51. The molecule has 1 aliphatic heterocycles. The first-order chi connectivity index (χ1) is 11.5. The molecule has 24 heavy (non-hydrogen) atoms. The number of hydrogen-bond acceptors (Lipinski definition) is 4. The van der Waals surface area contributed by atoms with E-state index in [0.717, 1.165) is 25.1 Å². The van der Waals surface area contributed by atoms with E-state index in [1.165, 1.54) is 0 Å². The van der Waals surface area contributed by atoms with Gasteiger partial charge in [0, 0.05) is 29.7 Å². The van der Waals surface area contributed by atoms with Crippen molar-refractivity contribution in [1.29, 1.82) is 0 Å². The van der Waals surface area contributed by atoms with Crippen molar-refractivity contribution in [2.24, 2.45) is 22.1 Å². The van der Waals surface area contributed by atoms with Gasteiger partial charge in [0.25, 0.3) is 0 Å². The summed E-state index contributed by atoms with van der Waals surface area (Å²) in [5.74, 6) is 2.23. The molecule has 0 amide bonds. The number of anilines is 1. The second-order valence-corrected chi connectivity index (χ2v) is 7.07. The fraction of sp³-hybridized carbons (Fsp3) is 0.611. The highest BCUT2D eigenvalue weighted by atomic mass is 16.5. The lowest BCUT2D eigenvalue weighted by Gasteiger charge is -2.58. The van der Waals surface area contributed by atoms with E-state index in [2.05, 4.69) is 19.2 Å². The van der Waals surface area contributed by atoms with Gasteiger partial charge in [-0.25, -0.2) is 4.99 Å². The molecular weight excluding hydrogens is 306 g/mol. The molecule has 3 atom stereocenters. The van der Waals surface area contributed by atoms with Gasteiger partial charge in [-0.15, -0.1) is 0 Å². The second-order valence-electron chi connectivity index (χ2n) is 7.07. The third kappa shape index (κ3) is 2.90. The first kappa shape index (κ1) is 16.9. The Hall–Kier alpha value is -1.95. The Morgan fingerprint density at radius 2 is 2.04 bits per heavy atom. The van der Waals surface area contributed by atoms with E-state index < -0.39 is 0 Å². The maximum atomic E-state index is 6.15. The molecule has 1 aliphatic carbocycles. The lowest BCUT2D eigenvalue weighted by molar-refractivity contribution is -0.182. The van der Waals surface area contributed by atoms with E-state index in [-0.39, 0.29) is 11.5 Å². The quantitative estimate of drug-likeness (QED) is 0.654. The number of aliphatic imine (C=N–C) groups is 1. The van der Waals surface area contributed by atoms with E-state index in [9.17, 15) is 0 Å². The van der Waals surface area contributed by atoms with Crippen molar-refractivity contribution in [2.75, 3.05) is 26.1 Å². The summed E-state index contributed by atoms with van der Waals surface area (Å²) in [4.78, 5) is 4.74. The molecule has 0 aromatic heterocycles. The van der Waals surface area contributed by atoms with E-state index in [1.54, 1.807) is 14.2 Å². The highest BCUT2D eigenvalue weighted by molar-refractivity contribution is 5.92. The molecular formula is C18H27N3O3. The number of rotatable bonds is 4. The molecule has 6 heteroatoms. The molecule has 6 nitrogen and oxygen atoms in total. The molecule has 2 fully saturated rings. The van der Waals surface area contributed by atoms with E-state index in [1.807, 2.05) is 18.2 Å². The van der Waals surface area contributed by atoms with Crippen molar-refractivity contribution in [3.8, 4) is 11.5 Å². The first-order valence-corrected chi connectivity index (χ1v) is 8.41. The molecule has 3 rings (SSSR count). The van der Waals surface area contributed by atoms with Gasteiger partial charge in [-0.1, -0.05) is 13.8 Å². The number of methoxy groups -OCH3 is 2. The molecule has 0 bridgehead atoms. The lowest BCUT2D eigenvalue weighted by Crippen LogP contribution is -2.64. The van der Waals surface area contributed by atoms with Crippen LogP contribution in [0.15, 0.2) is 23.2 Å². The third-order valence-corrected chi connectivity index (χ3v) is 5.20. The van der Waals surface area contributed by atoms with Crippen LogP contribution in [0.5, 0.6) is 11.5 Å². The first-order valence-electron chi connectivity index (χ1n) is 8.41. The number of nitrogens with two attached hydrogens (primary N) is 1. The summed E-state index contributed by atoms with van der Waals surface area (Å²) in [6, 6.07) is 5.77. The van der Waals surface area contributed by atoms with Gasteiger partial charge in [-0.2, -0.15) is 0 Å². The molecule has 1 saturated carbocycles. The monoisotopic (exact) mass is 333 g/mol. The van der Waals surface area contributed by atoms with Crippen molar-refractivity contribution >= 4 is 11.6 Å². The van der Waals surface area contributed by atoms with Crippen LogP contribution in [0.1, 0.15) is 26.7 Å². The Labute approximate surface area is 143 Å². The number of hydrogen-bond donors (Lipinski definition) is 2. The number of benzene rings is 1. The van der Waals surface area contributed by atoms with Crippen LogP contribution >= 0.6 is 0 Å². The minimum absolute atomic E-state index is 0.0228. The normalized spacial score (nSPS) is 28.5. The van der Waals surface area contributed by atoms with Crippen LogP contribution in [0.2, 0.25) is 0 Å². The SMILES string of the molecule is COc1ccc(NC(N)=NC2C3CCCOC3C2(C)C)cc1OC. The fourth-order valence-electron chi connectivity index (χ4n) is 4.00. The Morgan fingerprint density at radius 3 is 2.75 bits per heavy atom. The number of nitrogens with zero attached hydrogens (tertiary/aromatic N) is 1. The van der Waals surface area contributed by atoms with Gasteiger partial charge in [0.2, 0.25) is 0 Å². The van der Waals surface area contributed by atoms with E-state index in [4.69, 9.17) is 24.9 Å². The number of guanidine groups is 1. The van der Waals surface area contributed by atoms with Gasteiger partial charge in [-0.3, -0.25) is 0 Å². The predicted molar refractivity (Wildman–Crippen MR) is 94.8 cm³/mol. The van der Waals surface area contributed by atoms with Gasteiger partial charge < -0.3 is 25.3 Å². The summed E-state index contributed by atoms with van der Waals surface area (Å²) in [5, 5.41) is 3.15. The average Bonchev–Trinajstić information content (AvgIpc) is 2.59. The van der Waals surface area contributed by atoms with Crippen LogP contribution < -0.4 is 20.5 Å². The zero-order valence-corrected chi connectivity index (χ0v) is 14.8. The molecule has 132 valence electrons. The average molecular weight is 333 g/mol. The third-order valence-electron chi connectivity index (χ3n) is 5.20. The van der Waals surface area contributed by atoms with Gasteiger partial charge in [0.1, 0.15) is 0 Å². The highest BCUT2D eigenvalue weighted by Crippen LogP contribution is 2.53. The summed E-state index contributed by atoms with van der Waals surface area (Å²) in [6.45, 7) is 5.27. The van der Waals surface area contributed by atoms with Crippen molar-refractivity contribution in [1.82, 2.24) is 0 Å². The summed E-state index contributed by atoms with van der Waals surface area (Å²) >= 11 is 0. The van der Waals surface area contributed by atoms with Crippen molar-refractivity contribution in [3.63, 3.8) is 0 Å². The van der Waals surface area contributed by atoms with Gasteiger partial charge >= 0.3 is 0 Å². The van der Waals surface area contributed by atoms with Crippen LogP contribution in [0.25, 0.3) is 0 Å². The van der Waals surface area contributed by atoms with Crippen LogP contribution in [0.4, 0.5) is 5.69 Å². The standard InChI is InChI=1S/C18H27N3O3/c1-18(2)15(12-6-5-9-24-16(12)18)21-17(19)20-11-7-8-13(22-3)14(10-11)23-4/h7-8,10,12,15-16H,5-6,9H2,1-4H3,(H3,19,20,21). The number of nitrogens with one attached hydrogen (secondary N) is 1. The number of fused-ring (bicyclic) bond motifs is 1. The van der Waals surface area contributed by atoms with Gasteiger partial charge in [0.05, 0.1) is 26.4 Å². The van der Waals surface area contributed by atoms with Crippen LogP contribution in [0.3, 0.4) is 0 Å². The Morgan fingerprint density at radius 1 is 1.29 bits per heavy atom. The van der Waals surface area contributed by atoms with Gasteiger partial charge in [0.15, 0.2) is 17.5 Å². The molecule has 1 saturated heterocycles. The summed E-state index contributed by atoms with van der Waals surface area (Å²) in [6.07, 6.45) is 2.56. The Kier molecular flexibility index (Phi) is 4.58. The van der Waals surface area contributed by atoms with Crippen LogP contribution in [0, 0.1) is 11.3 Å². The molecule has 1 aromatic rings. The number of ether oxygens (including phenoxy) is 3. The van der Waals surface area contributed by atoms with Crippen molar-refractivity contribution in [3.05, 3.63) is 18.2 Å². The molecule has 2 aliphatic rings.